The Morgan fingerprint density at radius 2 is 1.77 bits per heavy atom. The van der Waals surface area contributed by atoms with Gasteiger partial charge in [-0.2, -0.15) is 0 Å². The molecule has 22 heavy (non-hydrogen) atoms. The number of aliphatic hydroxyl groups is 1. The van der Waals surface area contributed by atoms with Crippen molar-refractivity contribution in [2.75, 3.05) is 6.61 Å². The fourth-order valence-electron chi connectivity index (χ4n) is 2.10. The summed E-state index contributed by atoms with van der Waals surface area (Å²) in [4.78, 5) is 0. The minimum Gasteiger partial charge on any atom is -0.390 e. The Morgan fingerprint density at radius 1 is 1.23 bits per heavy atom. The summed E-state index contributed by atoms with van der Waals surface area (Å²) in [6, 6.07) is 5.10. The van der Waals surface area contributed by atoms with Crippen molar-refractivity contribution in [2.45, 2.75) is 50.3 Å². The van der Waals surface area contributed by atoms with E-state index in [4.69, 9.17) is 5.11 Å². The smallest absolute Gasteiger partial charge is 0.293 e. The molecule has 0 spiro atoms. The molecule has 0 aliphatic carbocycles. The molecule has 1 aromatic carbocycles. The minimum atomic E-state index is -3.69. The maximum atomic E-state index is 14.5. The first-order chi connectivity index (χ1) is 10.0. The van der Waals surface area contributed by atoms with Crippen LogP contribution in [0.2, 0.25) is 0 Å². The van der Waals surface area contributed by atoms with Crippen LogP contribution in [0.25, 0.3) is 0 Å². The van der Waals surface area contributed by atoms with E-state index < -0.39 is 39.6 Å². The van der Waals surface area contributed by atoms with Gasteiger partial charge in [-0.05, 0) is 33.3 Å². The second-order valence-corrected chi connectivity index (χ2v) is 8.05. The lowest BCUT2D eigenvalue weighted by Gasteiger charge is -2.41. The molecule has 0 aromatic heterocycles. The minimum absolute atomic E-state index is 0.247. The molecule has 1 unspecified atom stereocenters. The maximum Gasteiger partial charge on any atom is 0.293 e. The van der Waals surface area contributed by atoms with Crippen LogP contribution in [0.15, 0.2) is 24.3 Å². The molecule has 0 aliphatic rings. The molecular formula is C15H22F3NO2S. The van der Waals surface area contributed by atoms with Gasteiger partial charge in [-0.3, -0.25) is 0 Å². The third-order valence-electron chi connectivity index (χ3n) is 3.51. The molecule has 0 bridgehead atoms. The normalized spacial score (nSPS) is 17.1. The van der Waals surface area contributed by atoms with Crippen LogP contribution in [0.5, 0.6) is 0 Å². The van der Waals surface area contributed by atoms with Gasteiger partial charge in [-0.15, -0.1) is 0 Å². The summed E-state index contributed by atoms with van der Waals surface area (Å²) in [5, 5.41) is 9.12. The van der Waals surface area contributed by atoms with Gasteiger partial charge in [0.25, 0.3) is 5.92 Å². The average Bonchev–Trinajstić information content (AvgIpc) is 2.44. The predicted octanol–water partition coefficient (Wildman–Crippen LogP) is 3.11. The zero-order valence-electron chi connectivity index (χ0n) is 13.1. The molecule has 2 N–H and O–H groups in total. The molecule has 3 nitrogen and oxygen atoms in total. The zero-order chi connectivity index (χ0) is 17.2. The Kier molecular flexibility index (Phi) is 5.81. The highest BCUT2D eigenvalue weighted by Gasteiger charge is 2.56. The molecule has 2 atom stereocenters. The van der Waals surface area contributed by atoms with Crippen molar-refractivity contribution in [1.82, 2.24) is 4.72 Å². The Balaban J connectivity index is 3.51. The Bertz CT molecular complexity index is 546. The molecule has 0 radical (unpaired) electrons. The van der Waals surface area contributed by atoms with Gasteiger partial charge in [0, 0.05) is 5.56 Å². The standard InChI is InChI=1S/C15H22F3NO2S/c1-5-14(15(17,18)10-20,19-22(21)13(2,3)4)11-8-6-7-9-12(11)16/h6-9,19-20H,5,10H2,1-4H3/t14-,22?/m1/s1. The van der Waals surface area contributed by atoms with Crippen molar-refractivity contribution in [3.63, 3.8) is 0 Å². The summed E-state index contributed by atoms with van der Waals surface area (Å²) in [7, 11) is -1.87. The number of nitrogens with one attached hydrogen (secondary N) is 1. The van der Waals surface area contributed by atoms with Crippen LogP contribution < -0.4 is 4.72 Å². The van der Waals surface area contributed by atoms with Crippen LogP contribution in [0, 0.1) is 5.82 Å². The molecule has 7 heteroatoms. The highest BCUT2D eigenvalue weighted by atomic mass is 32.2. The van der Waals surface area contributed by atoms with Crippen LogP contribution in [-0.2, 0) is 16.5 Å². The van der Waals surface area contributed by atoms with Crippen molar-refractivity contribution in [3.05, 3.63) is 35.6 Å². The summed E-state index contributed by atoms with van der Waals surface area (Å²) in [5.74, 6) is -4.53. The highest BCUT2D eigenvalue weighted by molar-refractivity contribution is 7.84. The largest absolute Gasteiger partial charge is 0.390 e. The topological polar surface area (TPSA) is 49.3 Å². The van der Waals surface area contributed by atoms with Gasteiger partial charge < -0.3 is 5.11 Å². The van der Waals surface area contributed by atoms with E-state index in [1.54, 1.807) is 20.8 Å². The van der Waals surface area contributed by atoms with E-state index in [0.717, 1.165) is 6.07 Å². The second-order valence-electron chi connectivity index (χ2n) is 6.08. The van der Waals surface area contributed by atoms with Crippen molar-refractivity contribution in [1.29, 1.82) is 0 Å². The molecule has 0 amide bonds. The van der Waals surface area contributed by atoms with E-state index in [2.05, 4.69) is 4.72 Å². The molecule has 1 aromatic rings. The van der Waals surface area contributed by atoms with E-state index in [0.29, 0.717) is 0 Å². The van der Waals surface area contributed by atoms with Gasteiger partial charge in [0.15, 0.2) is 0 Å². The third-order valence-corrected chi connectivity index (χ3v) is 5.16. The molecule has 0 fully saturated rings. The Labute approximate surface area is 131 Å². The number of benzene rings is 1. The Hall–Kier alpha value is -0.920. The van der Waals surface area contributed by atoms with Crippen LogP contribution in [-0.4, -0.2) is 26.6 Å². The van der Waals surface area contributed by atoms with Crippen LogP contribution in [0.3, 0.4) is 0 Å². The fourth-order valence-corrected chi connectivity index (χ4v) is 3.13. The summed E-state index contributed by atoms with van der Waals surface area (Å²) in [6.45, 7) is 4.81. The molecule has 0 saturated heterocycles. The van der Waals surface area contributed by atoms with Crippen molar-refractivity contribution in [2.24, 2.45) is 0 Å². The summed E-state index contributed by atoms with van der Waals surface area (Å²) in [5.41, 5.74) is -2.57. The molecular weight excluding hydrogens is 315 g/mol. The van der Waals surface area contributed by atoms with Gasteiger partial charge in [0.1, 0.15) is 18.0 Å². The maximum absolute atomic E-state index is 14.5. The summed E-state index contributed by atoms with van der Waals surface area (Å²) in [6.07, 6.45) is -0.247. The number of hydrogen-bond donors (Lipinski definition) is 2. The van der Waals surface area contributed by atoms with E-state index >= 15 is 0 Å². The van der Waals surface area contributed by atoms with Crippen LogP contribution in [0.4, 0.5) is 13.2 Å². The molecule has 0 aliphatic heterocycles. The summed E-state index contributed by atoms with van der Waals surface area (Å²) >= 11 is 0. The van der Waals surface area contributed by atoms with Gasteiger partial charge in [-0.1, -0.05) is 25.1 Å². The lowest BCUT2D eigenvalue weighted by molar-refractivity contribution is -0.122. The Morgan fingerprint density at radius 3 is 2.18 bits per heavy atom. The second kappa shape index (κ2) is 6.68. The van der Waals surface area contributed by atoms with E-state index in [9.17, 15) is 17.4 Å². The van der Waals surface area contributed by atoms with Gasteiger partial charge in [-0.25, -0.2) is 22.1 Å². The SMILES string of the molecule is CC[C@@](NS(=O)C(C)(C)C)(c1ccccc1F)C(F)(F)CO. The molecule has 0 saturated carbocycles. The third kappa shape index (κ3) is 3.52. The predicted molar refractivity (Wildman–Crippen MR) is 81.4 cm³/mol. The number of rotatable bonds is 6. The number of hydrogen-bond acceptors (Lipinski definition) is 2. The number of alkyl halides is 2. The molecule has 0 heterocycles. The lowest BCUT2D eigenvalue weighted by atomic mass is 9.82. The van der Waals surface area contributed by atoms with Crippen LogP contribution in [0.1, 0.15) is 39.7 Å². The van der Waals surface area contributed by atoms with E-state index in [1.165, 1.54) is 25.1 Å². The molecule has 1 rings (SSSR count). The van der Waals surface area contributed by atoms with Gasteiger partial charge in [0.05, 0.1) is 15.7 Å². The van der Waals surface area contributed by atoms with Crippen LogP contribution >= 0.6 is 0 Å². The van der Waals surface area contributed by atoms with Crippen molar-refractivity contribution in [3.8, 4) is 0 Å². The quantitative estimate of drug-likeness (QED) is 0.838. The fraction of sp³-hybridized carbons (Fsp3) is 0.600. The zero-order valence-corrected chi connectivity index (χ0v) is 13.9. The average molecular weight is 337 g/mol. The number of halogens is 3. The van der Waals surface area contributed by atoms with E-state index in [-0.39, 0.29) is 12.0 Å². The first kappa shape index (κ1) is 19.1. The van der Waals surface area contributed by atoms with Gasteiger partial charge in [0.2, 0.25) is 0 Å². The molecule has 126 valence electrons. The monoisotopic (exact) mass is 337 g/mol. The summed E-state index contributed by atoms with van der Waals surface area (Å²) < 4.78 is 57.0. The van der Waals surface area contributed by atoms with Crippen molar-refractivity contribution < 1.29 is 22.5 Å². The van der Waals surface area contributed by atoms with Crippen molar-refractivity contribution >= 4 is 11.0 Å². The van der Waals surface area contributed by atoms with E-state index in [1.807, 2.05) is 0 Å². The first-order valence-electron chi connectivity index (χ1n) is 6.95. The lowest BCUT2D eigenvalue weighted by Crippen LogP contribution is -2.60. The highest BCUT2D eigenvalue weighted by Crippen LogP contribution is 2.42. The number of aliphatic hydroxyl groups excluding tert-OH is 1. The van der Waals surface area contributed by atoms with Gasteiger partial charge >= 0.3 is 0 Å². The first-order valence-corrected chi connectivity index (χ1v) is 8.10.